The van der Waals surface area contributed by atoms with Crippen LogP contribution >= 0.6 is 34.2 Å². The number of hydrogen-bond acceptors (Lipinski definition) is 2. The lowest BCUT2D eigenvalue weighted by molar-refractivity contribution is -0.121. The van der Waals surface area contributed by atoms with Crippen LogP contribution < -0.4 is 10.6 Å². The summed E-state index contributed by atoms with van der Waals surface area (Å²) >= 11 is 7.90. The van der Waals surface area contributed by atoms with Crippen LogP contribution in [0.25, 0.3) is 0 Å². The van der Waals surface area contributed by atoms with E-state index in [4.69, 9.17) is 11.6 Å². The molecule has 0 atom stereocenters. The normalized spacial score (nSPS) is 11.0. The summed E-state index contributed by atoms with van der Waals surface area (Å²) in [5.74, 6) is -0.533. The highest BCUT2D eigenvalue weighted by Crippen LogP contribution is 2.17. The van der Waals surface area contributed by atoms with E-state index in [2.05, 4.69) is 33.2 Å². The van der Waals surface area contributed by atoms with Gasteiger partial charge in [-0.2, -0.15) is 0 Å². The van der Waals surface area contributed by atoms with Crippen LogP contribution in [0.15, 0.2) is 18.2 Å². The van der Waals surface area contributed by atoms with Gasteiger partial charge in [-0.1, -0.05) is 11.6 Å². The molecule has 1 aromatic rings. The van der Waals surface area contributed by atoms with Gasteiger partial charge in [-0.3, -0.25) is 9.59 Å². The van der Waals surface area contributed by atoms with Gasteiger partial charge in [-0.15, -0.1) is 0 Å². The van der Waals surface area contributed by atoms with Gasteiger partial charge in [0.05, 0.1) is 12.1 Å². The number of nitrogens with one attached hydrogen (secondary N) is 2. The van der Waals surface area contributed by atoms with Crippen molar-refractivity contribution in [2.75, 3.05) is 6.54 Å². The number of carbonyl (C=O) groups excluding carboxylic acids is 2. The maximum Gasteiger partial charge on any atom is 0.252 e. The minimum atomic E-state index is -0.313. The van der Waals surface area contributed by atoms with Gasteiger partial charge in [-0.25, -0.2) is 0 Å². The first-order valence-electron chi connectivity index (χ1n) is 5.73. The summed E-state index contributed by atoms with van der Waals surface area (Å²) in [6.07, 6.45) is 0. The molecule has 6 heteroatoms. The Kier molecular flexibility index (Phi) is 5.61. The largest absolute Gasteiger partial charge is 0.350 e. The van der Waals surface area contributed by atoms with Gasteiger partial charge in [0.25, 0.3) is 5.91 Å². The molecule has 0 saturated carbocycles. The molecule has 0 aromatic heterocycles. The maximum atomic E-state index is 11.9. The number of benzene rings is 1. The van der Waals surface area contributed by atoms with Crippen molar-refractivity contribution in [2.24, 2.45) is 0 Å². The SMILES string of the molecule is CC(C)(C)NC(=O)CNC(=O)c1cc(Cl)ccc1I. The van der Waals surface area contributed by atoms with Crippen LogP contribution in [0.3, 0.4) is 0 Å². The lowest BCUT2D eigenvalue weighted by Crippen LogP contribution is -2.45. The zero-order chi connectivity index (χ0) is 14.6. The number of rotatable bonds is 3. The van der Waals surface area contributed by atoms with E-state index >= 15 is 0 Å². The van der Waals surface area contributed by atoms with E-state index in [1.807, 2.05) is 20.8 Å². The van der Waals surface area contributed by atoms with Gasteiger partial charge < -0.3 is 10.6 Å². The first-order chi connectivity index (χ1) is 8.69. The topological polar surface area (TPSA) is 58.2 Å². The summed E-state index contributed by atoms with van der Waals surface area (Å²) in [6, 6.07) is 5.06. The van der Waals surface area contributed by atoms with Gasteiger partial charge in [0.2, 0.25) is 5.91 Å². The molecule has 0 unspecified atom stereocenters. The van der Waals surface area contributed by atoms with Crippen LogP contribution in [0.5, 0.6) is 0 Å². The van der Waals surface area contributed by atoms with Crippen LogP contribution in [0.4, 0.5) is 0 Å². The van der Waals surface area contributed by atoms with Gasteiger partial charge in [0, 0.05) is 14.1 Å². The molecule has 1 aromatic carbocycles. The molecule has 0 spiro atoms. The second-order valence-electron chi connectivity index (χ2n) is 5.11. The van der Waals surface area contributed by atoms with Gasteiger partial charge >= 0.3 is 0 Å². The van der Waals surface area contributed by atoms with Crippen LogP contribution in [0.1, 0.15) is 31.1 Å². The van der Waals surface area contributed by atoms with Crippen LogP contribution in [0, 0.1) is 3.57 Å². The Labute approximate surface area is 131 Å². The fraction of sp³-hybridized carbons (Fsp3) is 0.385. The molecule has 0 heterocycles. The molecular weight excluding hydrogens is 379 g/mol. The highest BCUT2D eigenvalue weighted by atomic mass is 127. The van der Waals surface area contributed by atoms with Crippen molar-refractivity contribution in [3.05, 3.63) is 32.4 Å². The molecule has 4 nitrogen and oxygen atoms in total. The fourth-order valence-corrected chi connectivity index (χ4v) is 2.14. The Balaban J connectivity index is 2.61. The Morgan fingerprint density at radius 2 is 1.95 bits per heavy atom. The molecule has 0 aliphatic rings. The zero-order valence-electron chi connectivity index (χ0n) is 11.0. The molecule has 0 aliphatic heterocycles. The first kappa shape index (κ1) is 16.2. The summed E-state index contributed by atoms with van der Waals surface area (Å²) < 4.78 is 0.788. The summed E-state index contributed by atoms with van der Waals surface area (Å²) in [5.41, 5.74) is 0.156. The van der Waals surface area contributed by atoms with E-state index in [0.29, 0.717) is 10.6 Å². The highest BCUT2D eigenvalue weighted by Gasteiger charge is 2.15. The van der Waals surface area contributed by atoms with Gasteiger partial charge in [0.15, 0.2) is 0 Å². The summed E-state index contributed by atoms with van der Waals surface area (Å²) in [4.78, 5) is 23.5. The molecule has 2 N–H and O–H groups in total. The molecule has 0 aliphatic carbocycles. The molecule has 0 fully saturated rings. The predicted octanol–water partition coefficient (Wildman–Crippen LogP) is 2.59. The molecule has 0 radical (unpaired) electrons. The molecule has 104 valence electrons. The smallest absolute Gasteiger partial charge is 0.252 e. The van der Waals surface area contributed by atoms with Gasteiger partial charge in [0.1, 0.15) is 0 Å². The Bertz CT molecular complexity index is 498. The summed E-state index contributed by atoms with van der Waals surface area (Å²) in [5, 5.41) is 5.84. The minimum Gasteiger partial charge on any atom is -0.350 e. The average molecular weight is 395 g/mol. The van der Waals surface area contributed by atoms with E-state index in [0.717, 1.165) is 3.57 Å². The molecule has 1 rings (SSSR count). The number of halogens is 2. The monoisotopic (exact) mass is 394 g/mol. The number of hydrogen-bond donors (Lipinski definition) is 2. The van der Waals surface area contributed by atoms with Crippen molar-refractivity contribution in [3.63, 3.8) is 0 Å². The van der Waals surface area contributed by atoms with Crippen molar-refractivity contribution >= 4 is 46.0 Å². The van der Waals surface area contributed by atoms with Crippen molar-refractivity contribution in [1.82, 2.24) is 10.6 Å². The number of carbonyl (C=O) groups is 2. The fourth-order valence-electron chi connectivity index (χ4n) is 1.39. The van der Waals surface area contributed by atoms with Crippen LogP contribution in [-0.2, 0) is 4.79 Å². The molecule has 19 heavy (non-hydrogen) atoms. The molecular formula is C13H16ClIN2O2. The Hall–Kier alpha value is -0.820. The lowest BCUT2D eigenvalue weighted by Gasteiger charge is -2.20. The maximum absolute atomic E-state index is 11.9. The Morgan fingerprint density at radius 3 is 2.53 bits per heavy atom. The van der Waals surface area contributed by atoms with Crippen molar-refractivity contribution < 1.29 is 9.59 Å². The van der Waals surface area contributed by atoms with E-state index < -0.39 is 0 Å². The number of amides is 2. The van der Waals surface area contributed by atoms with E-state index in [1.165, 1.54) is 0 Å². The first-order valence-corrected chi connectivity index (χ1v) is 7.19. The van der Waals surface area contributed by atoms with Crippen molar-refractivity contribution in [2.45, 2.75) is 26.3 Å². The predicted molar refractivity (Wildman–Crippen MR) is 84.4 cm³/mol. The van der Waals surface area contributed by atoms with E-state index in [-0.39, 0.29) is 23.9 Å². The standard InChI is InChI=1S/C13H16ClIN2O2/c1-13(2,3)17-11(18)7-16-12(19)9-6-8(14)4-5-10(9)15/h4-6H,7H2,1-3H3,(H,16,19)(H,17,18). The van der Waals surface area contributed by atoms with E-state index in [1.54, 1.807) is 18.2 Å². The third-order valence-electron chi connectivity index (χ3n) is 2.10. The summed E-state index contributed by atoms with van der Waals surface area (Å²) in [7, 11) is 0. The second-order valence-corrected chi connectivity index (χ2v) is 6.70. The zero-order valence-corrected chi connectivity index (χ0v) is 13.9. The van der Waals surface area contributed by atoms with Crippen molar-refractivity contribution in [1.29, 1.82) is 0 Å². The average Bonchev–Trinajstić information content (AvgIpc) is 2.27. The van der Waals surface area contributed by atoms with E-state index in [9.17, 15) is 9.59 Å². The van der Waals surface area contributed by atoms with Crippen LogP contribution in [0.2, 0.25) is 5.02 Å². The third kappa shape index (κ3) is 5.78. The Morgan fingerprint density at radius 1 is 1.32 bits per heavy atom. The quantitative estimate of drug-likeness (QED) is 0.774. The third-order valence-corrected chi connectivity index (χ3v) is 3.27. The molecule has 2 amide bonds. The highest BCUT2D eigenvalue weighted by molar-refractivity contribution is 14.1. The minimum absolute atomic E-state index is 0.0568. The van der Waals surface area contributed by atoms with Crippen molar-refractivity contribution in [3.8, 4) is 0 Å². The lowest BCUT2D eigenvalue weighted by atomic mass is 10.1. The second kappa shape index (κ2) is 6.56. The van der Waals surface area contributed by atoms with Gasteiger partial charge in [-0.05, 0) is 61.6 Å². The summed E-state index contributed by atoms with van der Waals surface area (Å²) in [6.45, 7) is 5.59. The van der Waals surface area contributed by atoms with Crippen LogP contribution in [-0.4, -0.2) is 23.9 Å². The molecule has 0 bridgehead atoms. The molecule has 0 saturated heterocycles.